The van der Waals surface area contributed by atoms with Crippen LogP contribution in [0.4, 0.5) is 0 Å². The molecule has 0 N–H and O–H groups in total. The van der Waals surface area contributed by atoms with Crippen molar-refractivity contribution >= 4 is 34.4 Å². The number of ether oxygens (including phenoxy) is 1. The van der Waals surface area contributed by atoms with Gasteiger partial charge in [-0.1, -0.05) is 41.9 Å². The molecule has 0 aliphatic carbocycles. The van der Waals surface area contributed by atoms with Gasteiger partial charge in [-0.05, 0) is 43.3 Å². The molecule has 0 unspecified atom stereocenters. The number of para-hydroxylation sites is 2. The first-order valence-corrected chi connectivity index (χ1v) is 8.06. The van der Waals surface area contributed by atoms with Crippen molar-refractivity contribution in [2.75, 3.05) is 6.61 Å². The van der Waals surface area contributed by atoms with Gasteiger partial charge in [-0.25, -0.2) is 4.98 Å². The maximum absolute atomic E-state index is 12.5. The Kier molecular flexibility index (Phi) is 4.92. The van der Waals surface area contributed by atoms with Crippen LogP contribution in [0.1, 0.15) is 22.8 Å². The third kappa shape index (κ3) is 3.47. The molecule has 0 amide bonds. The highest BCUT2D eigenvalue weighted by Gasteiger charge is 2.09. The van der Waals surface area contributed by atoms with E-state index in [1.54, 1.807) is 18.2 Å². The van der Waals surface area contributed by atoms with Crippen LogP contribution in [0.5, 0.6) is 5.75 Å². The zero-order valence-corrected chi connectivity index (χ0v) is 14.0. The molecule has 120 valence electrons. The number of fused-ring (bicyclic) bond motifs is 1. The van der Waals surface area contributed by atoms with Crippen LogP contribution in [0.15, 0.2) is 60.7 Å². The zero-order chi connectivity index (χ0) is 16.9. The minimum Gasteiger partial charge on any atom is -0.493 e. The highest BCUT2D eigenvalue weighted by molar-refractivity contribution is 6.31. The number of allylic oxidation sites excluding steroid dienone is 1. The molecule has 24 heavy (non-hydrogen) atoms. The molecule has 0 radical (unpaired) electrons. The number of aromatic nitrogens is 1. The van der Waals surface area contributed by atoms with Gasteiger partial charge in [0.05, 0.1) is 17.7 Å². The van der Waals surface area contributed by atoms with Gasteiger partial charge in [-0.2, -0.15) is 0 Å². The largest absolute Gasteiger partial charge is 0.493 e. The first-order valence-electron chi connectivity index (χ1n) is 7.68. The van der Waals surface area contributed by atoms with E-state index in [1.807, 2.05) is 49.4 Å². The second kappa shape index (κ2) is 7.28. The second-order valence-corrected chi connectivity index (χ2v) is 5.55. The van der Waals surface area contributed by atoms with Gasteiger partial charge in [0, 0.05) is 10.9 Å². The molecule has 0 spiro atoms. The second-order valence-electron chi connectivity index (χ2n) is 5.19. The Hall–Kier alpha value is -2.65. The van der Waals surface area contributed by atoms with Crippen molar-refractivity contribution in [2.45, 2.75) is 6.92 Å². The minimum absolute atomic E-state index is 0.136. The van der Waals surface area contributed by atoms with Crippen molar-refractivity contribution < 1.29 is 9.53 Å². The molecule has 1 heterocycles. The number of benzene rings is 2. The van der Waals surface area contributed by atoms with Crippen molar-refractivity contribution in [3.63, 3.8) is 0 Å². The smallest absolute Gasteiger partial charge is 0.189 e. The van der Waals surface area contributed by atoms with Gasteiger partial charge in [0.2, 0.25) is 0 Å². The van der Waals surface area contributed by atoms with Gasteiger partial charge in [0.1, 0.15) is 10.9 Å². The summed E-state index contributed by atoms with van der Waals surface area (Å²) in [4.78, 5) is 16.8. The minimum atomic E-state index is -0.136. The summed E-state index contributed by atoms with van der Waals surface area (Å²) in [6.07, 6.45) is 3.18. The Morgan fingerprint density at radius 1 is 1.17 bits per heavy atom. The summed E-state index contributed by atoms with van der Waals surface area (Å²) in [5, 5.41) is 1.35. The number of pyridine rings is 1. The van der Waals surface area contributed by atoms with Gasteiger partial charge >= 0.3 is 0 Å². The number of carbonyl (C=O) groups excluding carboxylic acids is 1. The van der Waals surface area contributed by atoms with Crippen LogP contribution in [-0.2, 0) is 0 Å². The first kappa shape index (κ1) is 16.2. The standard InChI is InChI=1S/C20H16ClNO2/c1-2-24-19-10-6-4-8-16(19)18(23)12-11-15-13-14-7-3-5-9-17(14)22-20(15)21/h3-13H,2H2,1H3/b12-11+. The number of nitrogens with zero attached hydrogens (tertiary/aromatic N) is 1. The average molecular weight is 338 g/mol. The Morgan fingerprint density at radius 3 is 2.75 bits per heavy atom. The van der Waals surface area contributed by atoms with Crippen LogP contribution in [-0.4, -0.2) is 17.4 Å². The van der Waals surface area contributed by atoms with E-state index in [9.17, 15) is 4.79 Å². The van der Waals surface area contributed by atoms with E-state index in [1.165, 1.54) is 6.08 Å². The molecule has 0 bridgehead atoms. The Bertz CT molecular complexity index is 918. The molecular formula is C20H16ClNO2. The van der Waals surface area contributed by atoms with Crippen LogP contribution < -0.4 is 4.74 Å². The summed E-state index contributed by atoms with van der Waals surface area (Å²) >= 11 is 6.22. The number of ketones is 1. The van der Waals surface area contributed by atoms with E-state index in [0.717, 1.165) is 10.9 Å². The summed E-state index contributed by atoms with van der Waals surface area (Å²) in [6.45, 7) is 2.39. The lowest BCUT2D eigenvalue weighted by Crippen LogP contribution is -2.01. The summed E-state index contributed by atoms with van der Waals surface area (Å²) in [5.74, 6) is 0.445. The number of hydrogen-bond donors (Lipinski definition) is 0. The molecule has 4 heteroatoms. The van der Waals surface area contributed by atoms with Crippen molar-refractivity contribution in [3.05, 3.63) is 77.0 Å². The van der Waals surface area contributed by atoms with Crippen LogP contribution in [0.2, 0.25) is 5.15 Å². The van der Waals surface area contributed by atoms with E-state index in [0.29, 0.717) is 28.6 Å². The average Bonchev–Trinajstić information content (AvgIpc) is 2.60. The van der Waals surface area contributed by atoms with Crippen molar-refractivity contribution in [1.82, 2.24) is 4.98 Å². The third-order valence-corrected chi connectivity index (χ3v) is 3.87. The molecular weight excluding hydrogens is 322 g/mol. The number of hydrogen-bond acceptors (Lipinski definition) is 3. The maximum Gasteiger partial charge on any atom is 0.189 e. The van der Waals surface area contributed by atoms with Crippen LogP contribution in [0, 0.1) is 0 Å². The fourth-order valence-corrected chi connectivity index (χ4v) is 2.64. The van der Waals surface area contributed by atoms with Crippen molar-refractivity contribution in [1.29, 1.82) is 0 Å². The molecule has 3 nitrogen and oxygen atoms in total. The lowest BCUT2D eigenvalue weighted by Gasteiger charge is -2.07. The molecule has 0 saturated heterocycles. The van der Waals surface area contributed by atoms with Crippen LogP contribution in [0.3, 0.4) is 0 Å². The molecule has 3 rings (SSSR count). The fraction of sp³-hybridized carbons (Fsp3) is 0.100. The molecule has 0 aliphatic heterocycles. The van der Waals surface area contributed by atoms with Gasteiger partial charge in [-0.3, -0.25) is 4.79 Å². The SMILES string of the molecule is CCOc1ccccc1C(=O)/C=C/c1cc2ccccc2nc1Cl. The van der Waals surface area contributed by atoms with Gasteiger partial charge in [-0.15, -0.1) is 0 Å². The Balaban J connectivity index is 1.91. The number of carbonyl (C=O) groups is 1. The van der Waals surface area contributed by atoms with E-state index in [4.69, 9.17) is 16.3 Å². The topological polar surface area (TPSA) is 39.2 Å². The number of rotatable bonds is 5. The van der Waals surface area contributed by atoms with E-state index in [-0.39, 0.29) is 5.78 Å². The molecule has 1 aromatic heterocycles. The Labute approximate surface area is 145 Å². The lowest BCUT2D eigenvalue weighted by atomic mass is 10.1. The van der Waals surface area contributed by atoms with E-state index < -0.39 is 0 Å². The van der Waals surface area contributed by atoms with Gasteiger partial charge in [0.15, 0.2) is 5.78 Å². The summed E-state index contributed by atoms with van der Waals surface area (Å²) in [5.41, 5.74) is 2.06. The summed E-state index contributed by atoms with van der Waals surface area (Å²) in [6, 6.07) is 16.8. The van der Waals surface area contributed by atoms with Gasteiger partial charge in [0.25, 0.3) is 0 Å². The summed E-state index contributed by atoms with van der Waals surface area (Å²) in [7, 11) is 0. The molecule has 0 fully saturated rings. The predicted octanol–water partition coefficient (Wildman–Crippen LogP) is 5.18. The summed E-state index contributed by atoms with van der Waals surface area (Å²) < 4.78 is 5.50. The highest BCUT2D eigenvalue weighted by Crippen LogP contribution is 2.23. The van der Waals surface area contributed by atoms with Crippen molar-refractivity contribution in [3.8, 4) is 5.75 Å². The molecule has 0 saturated carbocycles. The quantitative estimate of drug-likeness (QED) is 0.365. The molecule has 2 aromatic carbocycles. The third-order valence-electron chi connectivity index (χ3n) is 3.57. The first-order chi connectivity index (χ1) is 11.7. The lowest BCUT2D eigenvalue weighted by molar-refractivity contribution is 0.104. The van der Waals surface area contributed by atoms with Crippen LogP contribution in [0.25, 0.3) is 17.0 Å². The van der Waals surface area contributed by atoms with Crippen molar-refractivity contribution in [2.24, 2.45) is 0 Å². The van der Waals surface area contributed by atoms with E-state index >= 15 is 0 Å². The monoisotopic (exact) mass is 337 g/mol. The van der Waals surface area contributed by atoms with Crippen LogP contribution >= 0.6 is 11.6 Å². The molecule has 0 atom stereocenters. The van der Waals surface area contributed by atoms with E-state index in [2.05, 4.69) is 4.98 Å². The molecule has 0 aliphatic rings. The zero-order valence-electron chi connectivity index (χ0n) is 13.2. The molecule has 3 aromatic rings. The predicted molar refractivity (Wildman–Crippen MR) is 97.7 cm³/mol. The fourth-order valence-electron chi connectivity index (χ4n) is 2.43. The van der Waals surface area contributed by atoms with Gasteiger partial charge < -0.3 is 4.74 Å². The number of halogens is 1. The maximum atomic E-state index is 12.5. The Morgan fingerprint density at radius 2 is 1.92 bits per heavy atom. The highest BCUT2D eigenvalue weighted by atomic mass is 35.5. The normalized spacial score (nSPS) is 11.1.